The fourth-order valence-corrected chi connectivity index (χ4v) is 4.48. The maximum Gasteiger partial charge on any atom is 0.312 e. The normalized spacial score (nSPS) is 12.9. The molecule has 3 rings (SSSR count). The zero-order valence-corrected chi connectivity index (χ0v) is 19.6. The van der Waals surface area contributed by atoms with Crippen molar-refractivity contribution in [2.45, 2.75) is 53.6 Å². The van der Waals surface area contributed by atoms with Crippen molar-refractivity contribution < 1.29 is 14.6 Å². The Kier molecular flexibility index (Phi) is 7.02. The van der Waals surface area contributed by atoms with Crippen molar-refractivity contribution in [3.8, 4) is 5.75 Å². The number of phenols is 1. The first-order valence-electron chi connectivity index (χ1n) is 11.0. The van der Waals surface area contributed by atoms with Gasteiger partial charge in [-0.2, -0.15) is 0 Å². The Balaban J connectivity index is 1.80. The largest absolute Gasteiger partial charge is 0.508 e. The van der Waals surface area contributed by atoms with E-state index in [9.17, 15) is 9.90 Å². The van der Waals surface area contributed by atoms with Gasteiger partial charge < -0.3 is 9.84 Å². The molecule has 0 saturated carbocycles. The lowest BCUT2D eigenvalue weighted by molar-refractivity contribution is -0.160. The number of esters is 1. The molecule has 0 spiro atoms. The van der Waals surface area contributed by atoms with Crippen molar-refractivity contribution in [1.29, 1.82) is 0 Å². The molecular formula is C28H33NO3. The van der Waals surface area contributed by atoms with E-state index in [-0.39, 0.29) is 17.1 Å². The molecule has 1 aromatic heterocycles. The lowest BCUT2D eigenvalue weighted by atomic mass is 9.72. The van der Waals surface area contributed by atoms with Gasteiger partial charge in [0.15, 0.2) is 6.10 Å². The predicted octanol–water partition coefficient (Wildman–Crippen LogP) is 6.41. The molecule has 0 aliphatic carbocycles. The number of benzene rings is 2. The maximum atomic E-state index is 13.4. The van der Waals surface area contributed by atoms with E-state index >= 15 is 0 Å². The topological polar surface area (TPSA) is 59.4 Å². The Morgan fingerprint density at radius 3 is 2.41 bits per heavy atom. The average Bonchev–Trinajstić information content (AvgIpc) is 2.71. The van der Waals surface area contributed by atoms with Gasteiger partial charge in [0.25, 0.3) is 0 Å². The molecular weight excluding hydrogens is 398 g/mol. The van der Waals surface area contributed by atoms with Gasteiger partial charge in [-0.25, -0.2) is 0 Å². The van der Waals surface area contributed by atoms with E-state index in [0.29, 0.717) is 12.1 Å². The predicted molar refractivity (Wildman–Crippen MR) is 127 cm³/mol. The van der Waals surface area contributed by atoms with E-state index in [2.05, 4.69) is 18.8 Å². The van der Waals surface area contributed by atoms with E-state index in [4.69, 9.17) is 4.74 Å². The van der Waals surface area contributed by atoms with Gasteiger partial charge >= 0.3 is 5.97 Å². The summed E-state index contributed by atoms with van der Waals surface area (Å²) in [5.41, 5.74) is 2.90. The number of aromatic nitrogens is 1. The van der Waals surface area contributed by atoms with Crippen LogP contribution < -0.4 is 0 Å². The summed E-state index contributed by atoms with van der Waals surface area (Å²) in [7, 11) is 0. The molecule has 168 valence electrons. The molecule has 1 atom stereocenters. The molecule has 3 aromatic rings. The molecule has 4 nitrogen and oxygen atoms in total. The van der Waals surface area contributed by atoms with Crippen LogP contribution in [0.5, 0.6) is 5.75 Å². The molecule has 0 aliphatic heterocycles. The van der Waals surface area contributed by atoms with Gasteiger partial charge in [-0.1, -0.05) is 61.9 Å². The summed E-state index contributed by atoms with van der Waals surface area (Å²) < 4.78 is 6.12. The van der Waals surface area contributed by atoms with Crippen LogP contribution in [0.3, 0.4) is 0 Å². The Bertz CT molecular complexity index is 1060. The molecule has 0 bridgehead atoms. The van der Waals surface area contributed by atoms with Gasteiger partial charge in [0.1, 0.15) is 5.75 Å². The fraction of sp³-hybridized carbons (Fsp3) is 0.357. The zero-order valence-electron chi connectivity index (χ0n) is 19.6. The second kappa shape index (κ2) is 9.56. The Morgan fingerprint density at radius 1 is 1.00 bits per heavy atom. The van der Waals surface area contributed by atoms with Gasteiger partial charge in [-0.05, 0) is 74.4 Å². The number of hydrogen-bond donors (Lipinski definition) is 1. The quantitative estimate of drug-likeness (QED) is 0.419. The molecule has 32 heavy (non-hydrogen) atoms. The molecule has 0 amide bonds. The van der Waals surface area contributed by atoms with E-state index in [0.717, 1.165) is 23.1 Å². The SMILES string of the molecule is Cc1cccc(C(OC(=O)C(C)(C)CC(C)(C)Cc2cccc(O)c2)c2ccccn2)c1. The highest BCUT2D eigenvalue weighted by Crippen LogP contribution is 2.39. The van der Waals surface area contributed by atoms with Crippen molar-refractivity contribution in [3.63, 3.8) is 0 Å². The number of carbonyl (C=O) groups excluding carboxylic acids is 1. The highest BCUT2D eigenvalue weighted by molar-refractivity contribution is 5.76. The number of phenolic OH excluding ortho intramolecular Hbond substituents is 1. The minimum Gasteiger partial charge on any atom is -0.508 e. The first-order chi connectivity index (χ1) is 15.1. The van der Waals surface area contributed by atoms with Crippen molar-refractivity contribution in [3.05, 3.63) is 95.3 Å². The Morgan fingerprint density at radius 2 is 1.75 bits per heavy atom. The monoisotopic (exact) mass is 431 g/mol. The fourth-order valence-electron chi connectivity index (χ4n) is 4.48. The molecule has 1 unspecified atom stereocenters. The molecule has 0 saturated heterocycles. The number of carbonyl (C=O) groups is 1. The minimum absolute atomic E-state index is 0.167. The summed E-state index contributed by atoms with van der Waals surface area (Å²) in [6.07, 6.45) is 2.55. The summed E-state index contributed by atoms with van der Waals surface area (Å²) in [5.74, 6) is 0.00645. The number of aryl methyl sites for hydroxylation is 1. The second-order valence-electron chi connectivity index (χ2n) is 10.0. The van der Waals surface area contributed by atoms with Crippen molar-refractivity contribution in [2.24, 2.45) is 10.8 Å². The summed E-state index contributed by atoms with van der Waals surface area (Å²) in [4.78, 5) is 17.9. The number of hydrogen-bond acceptors (Lipinski definition) is 4. The smallest absolute Gasteiger partial charge is 0.312 e. The number of rotatable bonds is 8. The van der Waals surface area contributed by atoms with Crippen molar-refractivity contribution in [2.75, 3.05) is 0 Å². The van der Waals surface area contributed by atoms with Crippen LogP contribution in [-0.4, -0.2) is 16.1 Å². The second-order valence-corrected chi connectivity index (χ2v) is 10.0. The van der Waals surface area contributed by atoms with Crippen molar-refractivity contribution in [1.82, 2.24) is 4.98 Å². The van der Waals surface area contributed by atoms with Crippen LogP contribution in [0, 0.1) is 17.8 Å². The molecule has 0 aliphatic rings. The van der Waals surface area contributed by atoms with Crippen LogP contribution in [0.4, 0.5) is 0 Å². The number of ether oxygens (including phenoxy) is 1. The molecule has 2 aromatic carbocycles. The summed E-state index contributed by atoms with van der Waals surface area (Å²) in [6.45, 7) is 10.2. The van der Waals surface area contributed by atoms with Gasteiger partial charge in [-0.3, -0.25) is 9.78 Å². The average molecular weight is 432 g/mol. The zero-order chi connectivity index (χ0) is 23.4. The Hall–Kier alpha value is -3.14. The van der Waals surface area contributed by atoms with Gasteiger partial charge in [-0.15, -0.1) is 0 Å². The third-order valence-corrected chi connectivity index (χ3v) is 5.59. The standard InChI is InChI=1S/C28H33NO3/c1-20-10-8-12-22(16-20)25(24-14-6-7-15-29-24)32-26(31)28(4,5)19-27(2,3)18-21-11-9-13-23(30)17-21/h6-17,25,30H,18-19H2,1-5H3. The van der Waals surface area contributed by atoms with Gasteiger partial charge in [0.05, 0.1) is 11.1 Å². The van der Waals surface area contributed by atoms with Crippen molar-refractivity contribution >= 4 is 5.97 Å². The van der Waals surface area contributed by atoms with Crippen LogP contribution in [0.25, 0.3) is 0 Å². The van der Waals surface area contributed by atoms with Crippen LogP contribution in [0.1, 0.15) is 62.6 Å². The van der Waals surface area contributed by atoms with Crippen LogP contribution in [0.2, 0.25) is 0 Å². The van der Waals surface area contributed by atoms with E-state index < -0.39 is 11.5 Å². The van der Waals surface area contributed by atoms with Gasteiger partial charge in [0.2, 0.25) is 0 Å². The highest BCUT2D eigenvalue weighted by Gasteiger charge is 2.38. The summed E-state index contributed by atoms with van der Waals surface area (Å²) in [6, 6.07) is 20.9. The molecule has 1 heterocycles. The van der Waals surface area contributed by atoms with Crippen LogP contribution in [0.15, 0.2) is 72.9 Å². The summed E-state index contributed by atoms with van der Waals surface area (Å²) in [5, 5.41) is 9.79. The molecule has 0 fully saturated rings. The van der Waals surface area contributed by atoms with Gasteiger partial charge in [0, 0.05) is 6.20 Å². The summed E-state index contributed by atoms with van der Waals surface area (Å²) >= 11 is 0. The first-order valence-corrected chi connectivity index (χ1v) is 11.0. The molecule has 4 heteroatoms. The van der Waals surface area contributed by atoms with E-state index in [1.54, 1.807) is 18.3 Å². The number of pyridine rings is 1. The van der Waals surface area contributed by atoms with Crippen LogP contribution >= 0.6 is 0 Å². The lowest BCUT2D eigenvalue weighted by Crippen LogP contribution is -2.34. The molecule has 1 N–H and O–H groups in total. The lowest BCUT2D eigenvalue weighted by Gasteiger charge is -2.34. The third-order valence-electron chi connectivity index (χ3n) is 5.59. The van der Waals surface area contributed by atoms with E-state index in [1.807, 2.05) is 75.4 Å². The Labute approximate surface area is 191 Å². The maximum absolute atomic E-state index is 13.4. The molecule has 0 radical (unpaired) electrons. The number of aromatic hydroxyl groups is 1. The van der Waals surface area contributed by atoms with Crippen LogP contribution in [-0.2, 0) is 16.0 Å². The number of nitrogens with zero attached hydrogens (tertiary/aromatic N) is 1. The van der Waals surface area contributed by atoms with E-state index in [1.165, 1.54) is 0 Å². The first kappa shape index (κ1) is 23.5. The third kappa shape index (κ3) is 6.19. The highest BCUT2D eigenvalue weighted by atomic mass is 16.5. The minimum atomic E-state index is -0.697.